The maximum atomic E-state index is 5.71. The summed E-state index contributed by atoms with van der Waals surface area (Å²) in [6.07, 6.45) is 7.00. The van der Waals surface area contributed by atoms with Gasteiger partial charge in [0.05, 0.1) is 6.10 Å². The summed E-state index contributed by atoms with van der Waals surface area (Å²) < 4.78 is 9.72. The molecule has 3 aromatic rings. The molecule has 10 nitrogen and oxygen atoms in total. The van der Waals surface area contributed by atoms with Gasteiger partial charge in [-0.25, -0.2) is 4.99 Å². The van der Waals surface area contributed by atoms with Crippen molar-refractivity contribution in [3.05, 3.63) is 42.4 Å². The fourth-order valence-electron chi connectivity index (χ4n) is 3.37. The average Bonchev–Trinajstić information content (AvgIpc) is 3.50. The number of hydrogen-bond donors (Lipinski definition) is 2. The second-order valence-electron chi connectivity index (χ2n) is 6.95. The first-order chi connectivity index (χ1) is 14.3. The third kappa shape index (κ3) is 4.89. The number of aromatic nitrogens is 6. The SMILES string of the molecule is CCc1nncn1CCNC(=NCc1nnc2ccccn12)NCC1CCCO1. The Bertz CT molecular complexity index is 942. The minimum absolute atomic E-state index is 0.237. The van der Waals surface area contributed by atoms with Crippen LogP contribution in [0.2, 0.25) is 0 Å². The molecule has 0 spiro atoms. The van der Waals surface area contributed by atoms with E-state index < -0.39 is 0 Å². The molecule has 0 amide bonds. The first-order valence-electron chi connectivity index (χ1n) is 10.1. The Labute approximate surface area is 169 Å². The summed E-state index contributed by atoms with van der Waals surface area (Å²) in [5.74, 6) is 2.51. The number of fused-ring (bicyclic) bond motifs is 1. The predicted octanol–water partition coefficient (Wildman–Crippen LogP) is 0.798. The van der Waals surface area contributed by atoms with Gasteiger partial charge in [0.15, 0.2) is 17.4 Å². The highest BCUT2D eigenvalue weighted by atomic mass is 16.5. The van der Waals surface area contributed by atoms with Gasteiger partial charge in [-0.3, -0.25) is 4.40 Å². The molecule has 1 aliphatic rings. The van der Waals surface area contributed by atoms with Gasteiger partial charge < -0.3 is 19.9 Å². The molecular weight excluding hydrogens is 370 g/mol. The highest BCUT2D eigenvalue weighted by Gasteiger charge is 2.15. The van der Waals surface area contributed by atoms with Gasteiger partial charge in [-0.2, -0.15) is 0 Å². The normalized spacial score (nSPS) is 17.1. The van der Waals surface area contributed by atoms with E-state index in [1.165, 1.54) is 0 Å². The van der Waals surface area contributed by atoms with Crippen molar-refractivity contribution in [1.82, 2.24) is 40.0 Å². The second kappa shape index (κ2) is 9.46. The third-order valence-corrected chi connectivity index (χ3v) is 4.94. The third-order valence-electron chi connectivity index (χ3n) is 4.94. The molecule has 0 saturated carbocycles. The number of aryl methyl sites for hydroxylation is 1. The van der Waals surface area contributed by atoms with Crippen molar-refractivity contribution in [2.75, 3.05) is 19.7 Å². The van der Waals surface area contributed by atoms with Crippen LogP contribution in [-0.4, -0.2) is 61.1 Å². The van der Waals surface area contributed by atoms with Crippen molar-refractivity contribution < 1.29 is 4.74 Å². The molecule has 1 aliphatic heterocycles. The van der Waals surface area contributed by atoms with E-state index in [0.717, 1.165) is 62.2 Å². The summed E-state index contributed by atoms with van der Waals surface area (Å²) in [4.78, 5) is 4.71. The number of nitrogens with zero attached hydrogens (tertiary/aromatic N) is 7. The summed E-state index contributed by atoms with van der Waals surface area (Å²) in [6, 6.07) is 5.84. The lowest BCUT2D eigenvalue weighted by Crippen LogP contribution is -2.42. The lowest BCUT2D eigenvalue weighted by atomic mass is 10.2. The summed E-state index contributed by atoms with van der Waals surface area (Å²) in [5, 5.41) is 23.3. The zero-order valence-electron chi connectivity index (χ0n) is 16.7. The number of hydrogen-bond acceptors (Lipinski definition) is 6. The van der Waals surface area contributed by atoms with Crippen LogP contribution in [0.25, 0.3) is 5.65 Å². The summed E-state index contributed by atoms with van der Waals surface area (Å²) in [5.41, 5.74) is 0.819. The quantitative estimate of drug-likeness (QED) is 0.428. The zero-order chi connectivity index (χ0) is 19.9. The lowest BCUT2D eigenvalue weighted by molar-refractivity contribution is 0.114. The summed E-state index contributed by atoms with van der Waals surface area (Å²) in [6.45, 7) is 5.56. The minimum Gasteiger partial charge on any atom is -0.376 e. The minimum atomic E-state index is 0.237. The van der Waals surface area contributed by atoms with Gasteiger partial charge in [0.1, 0.15) is 18.7 Å². The molecule has 0 radical (unpaired) electrons. The van der Waals surface area contributed by atoms with E-state index in [2.05, 4.69) is 42.5 Å². The van der Waals surface area contributed by atoms with E-state index in [4.69, 9.17) is 9.73 Å². The fraction of sp³-hybridized carbons (Fsp3) is 0.526. The topological polar surface area (TPSA) is 107 Å². The van der Waals surface area contributed by atoms with Crippen LogP contribution in [0.3, 0.4) is 0 Å². The number of pyridine rings is 1. The second-order valence-corrected chi connectivity index (χ2v) is 6.95. The van der Waals surface area contributed by atoms with Crippen LogP contribution in [-0.2, 0) is 24.2 Å². The Morgan fingerprint density at radius 3 is 3.07 bits per heavy atom. The number of nitrogens with one attached hydrogen (secondary N) is 2. The molecule has 1 unspecified atom stereocenters. The molecule has 10 heteroatoms. The van der Waals surface area contributed by atoms with Gasteiger partial charge in [0.25, 0.3) is 0 Å². The molecule has 154 valence electrons. The standard InChI is InChI=1S/C19H27N9O/c1-2-16-24-23-14-27(16)10-8-20-19(21-12-15-6-5-11-29-15)22-13-18-26-25-17-7-3-4-9-28(17)18/h3-4,7,9,14-15H,2,5-6,8,10-13H2,1H3,(H2,20,21,22). The Morgan fingerprint density at radius 1 is 1.24 bits per heavy atom. The lowest BCUT2D eigenvalue weighted by Gasteiger charge is -2.16. The van der Waals surface area contributed by atoms with Crippen molar-refractivity contribution in [2.45, 2.75) is 45.4 Å². The van der Waals surface area contributed by atoms with Crippen molar-refractivity contribution in [1.29, 1.82) is 0 Å². The van der Waals surface area contributed by atoms with Gasteiger partial charge in [0.2, 0.25) is 0 Å². The van der Waals surface area contributed by atoms with Gasteiger partial charge in [-0.05, 0) is 25.0 Å². The largest absolute Gasteiger partial charge is 0.376 e. The van der Waals surface area contributed by atoms with E-state index in [1.807, 2.05) is 28.8 Å². The molecule has 1 fully saturated rings. The first-order valence-corrected chi connectivity index (χ1v) is 10.1. The number of guanidine groups is 1. The smallest absolute Gasteiger partial charge is 0.191 e. The fourth-order valence-corrected chi connectivity index (χ4v) is 3.37. The van der Waals surface area contributed by atoms with E-state index in [0.29, 0.717) is 13.1 Å². The molecule has 0 aromatic carbocycles. The Hall–Kier alpha value is -3.01. The molecule has 1 atom stereocenters. The Balaban J connectivity index is 1.39. The van der Waals surface area contributed by atoms with Crippen LogP contribution >= 0.6 is 0 Å². The molecule has 1 saturated heterocycles. The van der Waals surface area contributed by atoms with E-state index in [9.17, 15) is 0 Å². The van der Waals surface area contributed by atoms with Crippen LogP contribution in [0.1, 0.15) is 31.4 Å². The van der Waals surface area contributed by atoms with E-state index in [-0.39, 0.29) is 6.10 Å². The van der Waals surface area contributed by atoms with Crippen molar-refractivity contribution >= 4 is 11.6 Å². The monoisotopic (exact) mass is 397 g/mol. The first kappa shape index (κ1) is 19.3. The molecule has 4 rings (SSSR count). The molecule has 2 N–H and O–H groups in total. The Morgan fingerprint density at radius 2 is 2.21 bits per heavy atom. The molecule has 4 heterocycles. The van der Waals surface area contributed by atoms with Crippen LogP contribution in [0.15, 0.2) is 35.7 Å². The molecule has 3 aromatic heterocycles. The van der Waals surface area contributed by atoms with Crippen molar-refractivity contribution in [3.8, 4) is 0 Å². The maximum Gasteiger partial charge on any atom is 0.191 e. The average molecular weight is 397 g/mol. The Kier molecular flexibility index (Phi) is 6.30. The van der Waals surface area contributed by atoms with Gasteiger partial charge in [-0.15, -0.1) is 20.4 Å². The molecular formula is C19H27N9O. The van der Waals surface area contributed by atoms with E-state index in [1.54, 1.807) is 6.33 Å². The number of rotatable bonds is 8. The predicted molar refractivity (Wildman–Crippen MR) is 109 cm³/mol. The van der Waals surface area contributed by atoms with Gasteiger partial charge in [-0.1, -0.05) is 13.0 Å². The van der Waals surface area contributed by atoms with Gasteiger partial charge >= 0.3 is 0 Å². The molecule has 0 aliphatic carbocycles. The zero-order valence-corrected chi connectivity index (χ0v) is 16.7. The van der Waals surface area contributed by atoms with Crippen LogP contribution in [0.5, 0.6) is 0 Å². The molecule has 0 bridgehead atoms. The maximum absolute atomic E-state index is 5.71. The number of aliphatic imine (C=N–C) groups is 1. The summed E-state index contributed by atoms with van der Waals surface area (Å²) >= 11 is 0. The number of ether oxygens (including phenoxy) is 1. The van der Waals surface area contributed by atoms with Gasteiger partial charge in [0, 0.05) is 38.9 Å². The van der Waals surface area contributed by atoms with Crippen molar-refractivity contribution in [2.24, 2.45) is 4.99 Å². The van der Waals surface area contributed by atoms with Crippen molar-refractivity contribution in [3.63, 3.8) is 0 Å². The highest BCUT2D eigenvalue weighted by Crippen LogP contribution is 2.10. The van der Waals surface area contributed by atoms with Crippen LogP contribution in [0.4, 0.5) is 0 Å². The van der Waals surface area contributed by atoms with Crippen LogP contribution in [0, 0.1) is 0 Å². The highest BCUT2D eigenvalue weighted by molar-refractivity contribution is 5.79. The molecule has 29 heavy (non-hydrogen) atoms. The summed E-state index contributed by atoms with van der Waals surface area (Å²) in [7, 11) is 0. The van der Waals surface area contributed by atoms with E-state index >= 15 is 0 Å². The van der Waals surface area contributed by atoms with Crippen LogP contribution < -0.4 is 10.6 Å².